The fraction of sp³-hybridized carbons (Fsp3) is 0.765. The molecule has 2 aliphatic heterocycles. The molecule has 0 amide bonds. The van der Waals surface area contributed by atoms with Crippen LogP contribution in [0.4, 0.5) is 0 Å². The number of nitrogens with one attached hydrogen (secondary N) is 1. The zero-order valence-electron chi connectivity index (χ0n) is 13.4. The third kappa shape index (κ3) is 1.61. The lowest BCUT2D eigenvalue weighted by atomic mass is 9.51. The molecule has 1 N–H and O–H groups in total. The fourth-order valence-corrected chi connectivity index (χ4v) is 4.66. The van der Waals surface area contributed by atoms with Gasteiger partial charge in [-0.25, -0.2) is 0 Å². The van der Waals surface area contributed by atoms with Gasteiger partial charge in [-0.1, -0.05) is 20.3 Å². The number of hydrogen-bond donors (Lipinski definition) is 1. The highest BCUT2D eigenvalue weighted by Crippen LogP contribution is 2.67. The summed E-state index contributed by atoms with van der Waals surface area (Å²) in [6.07, 6.45) is 2.61. The standard InChI is InChI=1S/C17H20N4O2/c1-3-4-13-15(8-18,9-19)16(10-20)12-7-11(2)5-6-17(12,22-13)23-14(16)21/h11-13,21H,3-7H2,1-2H3. The molecule has 0 aromatic carbocycles. The minimum absolute atomic E-state index is 0.263. The molecule has 120 valence electrons. The molecule has 0 aromatic heterocycles. The van der Waals surface area contributed by atoms with Crippen molar-refractivity contribution in [2.75, 3.05) is 0 Å². The van der Waals surface area contributed by atoms with Gasteiger partial charge in [-0.2, -0.15) is 15.8 Å². The average Bonchev–Trinajstić information content (AvgIpc) is 2.74. The smallest absolute Gasteiger partial charge is 0.217 e. The predicted molar refractivity (Wildman–Crippen MR) is 79.5 cm³/mol. The van der Waals surface area contributed by atoms with Crippen molar-refractivity contribution >= 4 is 5.90 Å². The molecule has 3 aliphatic rings. The first-order valence-corrected chi connectivity index (χ1v) is 8.16. The van der Waals surface area contributed by atoms with E-state index < -0.39 is 28.6 Å². The van der Waals surface area contributed by atoms with Gasteiger partial charge in [-0.3, -0.25) is 5.41 Å². The van der Waals surface area contributed by atoms with Crippen LogP contribution in [-0.2, 0) is 9.47 Å². The largest absolute Gasteiger partial charge is 0.447 e. The van der Waals surface area contributed by atoms with Crippen LogP contribution in [0.3, 0.4) is 0 Å². The van der Waals surface area contributed by atoms with Crippen LogP contribution < -0.4 is 0 Å². The summed E-state index contributed by atoms with van der Waals surface area (Å²) in [7, 11) is 0. The maximum atomic E-state index is 10.0. The Morgan fingerprint density at radius 1 is 1.26 bits per heavy atom. The summed E-state index contributed by atoms with van der Waals surface area (Å²) < 4.78 is 12.0. The molecule has 23 heavy (non-hydrogen) atoms. The van der Waals surface area contributed by atoms with Crippen LogP contribution in [0, 0.1) is 62.1 Å². The number of hydrogen-bond acceptors (Lipinski definition) is 6. The summed E-state index contributed by atoms with van der Waals surface area (Å²) in [6, 6.07) is 6.31. The van der Waals surface area contributed by atoms with Gasteiger partial charge in [-0.15, -0.1) is 0 Å². The quantitative estimate of drug-likeness (QED) is 0.842. The second-order valence-electron chi connectivity index (χ2n) is 7.02. The molecule has 1 aliphatic carbocycles. The van der Waals surface area contributed by atoms with E-state index in [1.54, 1.807) is 0 Å². The number of rotatable bonds is 2. The molecule has 0 spiro atoms. The molecular weight excluding hydrogens is 292 g/mol. The minimum atomic E-state index is -1.70. The van der Waals surface area contributed by atoms with Crippen molar-refractivity contribution in [1.82, 2.24) is 0 Å². The first kappa shape index (κ1) is 15.8. The van der Waals surface area contributed by atoms with E-state index in [0.29, 0.717) is 25.2 Å². The van der Waals surface area contributed by atoms with Gasteiger partial charge >= 0.3 is 0 Å². The van der Waals surface area contributed by atoms with Crippen molar-refractivity contribution in [3.05, 3.63) is 0 Å². The highest BCUT2D eigenvalue weighted by Gasteiger charge is 2.80. The minimum Gasteiger partial charge on any atom is -0.447 e. The number of nitrogens with zero attached hydrogens (tertiary/aromatic N) is 3. The predicted octanol–water partition coefficient (Wildman–Crippen LogP) is 2.87. The van der Waals surface area contributed by atoms with E-state index in [1.807, 2.05) is 6.92 Å². The summed E-state index contributed by atoms with van der Waals surface area (Å²) in [6.45, 7) is 4.03. The highest BCUT2D eigenvalue weighted by molar-refractivity contribution is 5.89. The van der Waals surface area contributed by atoms with Crippen molar-refractivity contribution in [1.29, 1.82) is 21.2 Å². The summed E-state index contributed by atoms with van der Waals surface area (Å²) in [5.74, 6) is -1.38. The zero-order chi connectivity index (χ0) is 16.9. The van der Waals surface area contributed by atoms with Gasteiger partial charge in [0.25, 0.3) is 0 Å². The van der Waals surface area contributed by atoms with Gasteiger partial charge in [0.15, 0.2) is 10.8 Å². The molecule has 0 aromatic rings. The third-order valence-electron chi connectivity index (χ3n) is 5.84. The van der Waals surface area contributed by atoms with Crippen molar-refractivity contribution in [2.24, 2.45) is 22.7 Å². The molecule has 3 rings (SSSR count). The average molecular weight is 312 g/mol. The van der Waals surface area contributed by atoms with Crippen LogP contribution >= 0.6 is 0 Å². The summed E-state index contributed by atoms with van der Waals surface area (Å²) in [4.78, 5) is 0. The maximum Gasteiger partial charge on any atom is 0.217 e. The summed E-state index contributed by atoms with van der Waals surface area (Å²) >= 11 is 0. The highest BCUT2D eigenvalue weighted by atomic mass is 16.7. The molecular formula is C17H20N4O2. The van der Waals surface area contributed by atoms with E-state index in [9.17, 15) is 15.8 Å². The molecule has 2 heterocycles. The number of ether oxygens (including phenoxy) is 2. The van der Waals surface area contributed by atoms with E-state index in [1.165, 1.54) is 0 Å². The molecule has 5 unspecified atom stereocenters. The van der Waals surface area contributed by atoms with E-state index in [4.69, 9.17) is 14.9 Å². The Hall–Kier alpha value is -2.10. The summed E-state index contributed by atoms with van der Waals surface area (Å²) in [5.41, 5.74) is -3.24. The van der Waals surface area contributed by atoms with E-state index in [0.717, 1.165) is 12.8 Å². The van der Waals surface area contributed by atoms with Crippen LogP contribution in [0.15, 0.2) is 0 Å². The van der Waals surface area contributed by atoms with Crippen LogP contribution in [0.5, 0.6) is 0 Å². The van der Waals surface area contributed by atoms with Gasteiger partial charge in [0.2, 0.25) is 11.7 Å². The third-order valence-corrected chi connectivity index (χ3v) is 5.84. The molecule has 6 nitrogen and oxygen atoms in total. The Kier molecular flexibility index (Phi) is 3.40. The summed E-state index contributed by atoms with van der Waals surface area (Å²) in [5, 5.41) is 38.1. The van der Waals surface area contributed by atoms with Crippen LogP contribution in [-0.4, -0.2) is 17.8 Å². The fourth-order valence-electron chi connectivity index (χ4n) is 4.66. The van der Waals surface area contributed by atoms with E-state index in [-0.39, 0.29) is 5.90 Å². The maximum absolute atomic E-state index is 10.0. The van der Waals surface area contributed by atoms with Crippen LogP contribution in [0.1, 0.15) is 46.0 Å². The first-order valence-electron chi connectivity index (χ1n) is 8.16. The lowest BCUT2D eigenvalue weighted by Gasteiger charge is -2.52. The lowest BCUT2D eigenvalue weighted by molar-refractivity contribution is -0.296. The molecule has 1 saturated carbocycles. The van der Waals surface area contributed by atoms with Gasteiger partial charge in [0.05, 0.1) is 30.2 Å². The van der Waals surface area contributed by atoms with Crippen LogP contribution in [0.2, 0.25) is 0 Å². The van der Waals surface area contributed by atoms with Crippen molar-refractivity contribution in [3.8, 4) is 18.2 Å². The van der Waals surface area contributed by atoms with Gasteiger partial charge in [0.1, 0.15) is 0 Å². The number of nitriles is 3. The Morgan fingerprint density at radius 3 is 2.52 bits per heavy atom. The Morgan fingerprint density at radius 2 is 1.96 bits per heavy atom. The Labute approximate surface area is 136 Å². The molecule has 6 heteroatoms. The van der Waals surface area contributed by atoms with Crippen molar-refractivity contribution in [3.63, 3.8) is 0 Å². The molecule has 2 bridgehead atoms. The normalized spacial score (nSPS) is 43.4. The topological polar surface area (TPSA) is 114 Å². The van der Waals surface area contributed by atoms with Crippen molar-refractivity contribution in [2.45, 2.75) is 57.8 Å². The van der Waals surface area contributed by atoms with Gasteiger partial charge < -0.3 is 9.47 Å². The molecule has 3 fully saturated rings. The second-order valence-corrected chi connectivity index (χ2v) is 7.02. The lowest BCUT2D eigenvalue weighted by Crippen LogP contribution is -2.63. The van der Waals surface area contributed by atoms with E-state index >= 15 is 0 Å². The van der Waals surface area contributed by atoms with Crippen molar-refractivity contribution < 1.29 is 9.47 Å². The molecule has 5 atom stereocenters. The SMILES string of the molecule is CCCC1OC23CCC(C)CC2C(C#N)(C(=N)O3)C1(C#N)C#N. The van der Waals surface area contributed by atoms with Gasteiger partial charge in [-0.05, 0) is 25.2 Å². The van der Waals surface area contributed by atoms with Crippen LogP contribution in [0.25, 0.3) is 0 Å². The van der Waals surface area contributed by atoms with E-state index in [2.05, 4.69) is 25.1 Å². The Balaban J connectivity index is 2.25. The second kappa shape index (κ2) is 4.95. The van der Waals surface area contributed by atoms with Gasteiger partial charge in [0, 0.05) is 6.42 Å². The molecule has 2 saturated heterocycles. The Bertz CT molecular complexity index is 656. The molecule has 0 radical (unpaired) electrons. The monoisotopic (exact) mass is 312 g/mol. The zero-order valence-corrected chi connectivity index (χ0v) is 13.4. The first-order chi connectivity index (χ1) is 11.0.